The number of ether oxygens (including phenoxy) is 1. The van der Waals surface area contributed by atoms with Crippen LogP contribution in [0.1, 0.15) is 17.8 Å². The summed E-state index contributed by atoms with van der Waals surface area (Å²) in [6.07, 6.45) is 0. The van der Waals surface area contributed by atoms with Crippen LogP contribution in [0.2, 0.25) is 0 Å². The summed E-state index contributed by atoms with van der Waals surface area (Å²) in [5, 5.41) is 5.05. The summed E-state index contributed by atoms with van der Waals surface area (Å²) in [7, 11) is 1.25. The lowest BCUT2D eigenvalue weighted by atomic mass is 9.81. The van der Waals surface area contributed by atoms with E-state index in [1.54, 1.807) is 6.92 Å². The fourth-order valence-corrected chi connectivity index (χ4v) is 4.92. The smallest absolute Gasteiger partial charge is 0.326 e. The third-order valence-electron chi connectivity index (χ3n) is 5.33. The first-order valence-corrected chi connectivity index (χ1v) is 9.29. The molecule has 2 aliphatic heterocycles. The first kappa shape index (κ1) is 17.8. The van der Waals surface area contributed by atoms with Gasteiger partial charge in [-0.3, -0.25) is 19.7 Å². The Balaban J connectivity index is 1.81. The molecule has 0 unspecified atom stereocenters. The Bertz CT molecular complexity index is 914. The van der Waals surface area contributed by atoms with Crippen molar-refractivity contribution in [3.8, 4) is 0 Å². The van der Waals surface area contributed by atoms with Crippen LogP contribution < -0.4 is 10.2 Å². The molecule has 2 amide bonds. The van der Waals surface area contributed by atoms with E-state index in [-0.39, 0.29) is 5.69 Å². The van der Waals surface area contributed by atoms with Gasteiger partial charge in [0.2, 0.25) is 11.8 Å². The highest BCUT2D eigenvalue weighted by atomic mass is 32.1. The molecule has 2 aliphatic rings. The average molecular weight is 388 g/mol. The van der Waals surface area contributed by atoms with E-state index in [2.05, 4.69) is 5.32 Å². The summed E-state index contributed by atoms with van der Waals surface area (Å²) in [5.41, 5.74) is -1.05. The number of hydrogen-bond acceptors (Lipinski definition) is 6. The molecule has 1 N–H and O–H groups in total. The zero-order valence-electron chi connectivity index (χ0n) is 14.6. The highest BCUT2D eigenvalue weighted by Gasteiger charge is 2.67. The summed E-state index contributed by atoms with van der Waals surface area (Å²) in [5.74, 6) is -3.61. The average Bonchev–Trinajstić information content (AvgIpc) is 3.34. The second-order valence-electron chi connectivity index (χ2n) is 6.82. The van der Waals surface area contributed by atoms with Crippen LogP contribution in [0, 0.1) is 17.7 Å². The molecule has 8 heteroatoms. The lowest BCUT2D eigenvalue weighted by Gasteiger charge is -2.28. The molecule has 6 nitrogen and oxygen atoms in total. The molecule has 140 valence electrons. The Morgan fingerprint density at radius 1 is 1.22 bits per heavy atom. The van der Waals surface area contributed by atoms with Gasteiger partial charge >= 0.3 is 5.97 Å². The van der Waals surface area contributed by atoms with Gasteiger partial charge in [-0.25, -0.2) is 9.29 Å². The molecule has 4 atom stereocenters. The molecule has 0 aliphatic carbocycles. The van der Waals surface area contributed by atoms with E-state index >= 15 is 0 Å². The molecule has 0 spiro atoms. The van der Waals surface area contributed by atoms with E-state index in [4.69, 9.17) is 4.74 Å². The highest BCUT2D eigenvalue weighted by Crippen LogP contribution is 2.50. The number of carbonyl (C=O) groups excluding carboxylic acids is 3. The van der Waals surface area contributed by atoms with Gasteiger partial charge in [-0.1, -0.05) is 6.07 Å². The largest absolute Gasteiger partial charge is 0.468 e. The molecule has 0 saturated carbocycles. The normalized spacial score (nSPS) is 29.9. The minimum atomic E-state index is -1.34. The predicted octanol–water partition coefficient (Wildman–Crippen LogP) is 2.27. The molecule has 0 bridgehead atoms. The zero-order valence-corrected chi connectivity index (χ0v) is 15.5. The molecule has 0 radical (unpaired) electrons. The second kappa shape index (κ2) is 6.24. The van der Waals surface area contributed by atoms with Crippen molar-refractivity contribution < 1.29 is 23.5 Å². The first-order valence-electron chi connectivity index (χ1n) is 8.41. The summed E-state index contributed by atoms with van der Waals surface area (Å²) < 4.78 is 18.2. The number of rotatable bonds is 3. The highest BCUT2D eigenvalue weighted by molar-refractivity contribution is 7.10. The summed E-state index contributed by atoms with van der Waals surface area (Å²) >= 11 is 1.45. The SMILES string of the molecule is COC(=O)[C@]1(C)N[C@H](c2cccs2)[C@@H]2C(=O)N(c3ccc(F)cc3)C(=O)[C@@H]21. The number of methoxy groups -OCH3 is 1. The number of halogens is 1. The monoisotopic (exact) mass is 388 g/mol. The van der Waals surface area contributed by atoms with E-state index in [1.807, 2.05) is 17.5 Å². The van der Waals surface area contributed by atoms with Crippen LogP contribution in [0.25, 0.3) is 0 Å². The first-order chi connectivity index (χ1) is 12.9. The number of hydrogen-bond donors (Lipinski definition) is 1. The Labute approximate surface area is 158 Å². The van der Waals surface area contributed by atoms with Crippen molar-refractivity contribution in [2.75, 3.05) is 12.0 Å². The fourth-order valence-electron chi connectivity index (χ4n) is 4.10. The van der Waals surface area contributed by atoms with E-state index in [0.717, 1.165) is 9.78 Å². The molecule has 3 heterocycles. The predicted molar refractivity (Wildman–Crippen MR) is 96.5 cm³/mol. The number of fused-ring (bicyclic) bond motifs is 1. The maximum atomic E-state index is 13.3. The number of anilines is 1. The number of nitrogens with one attached hydrogen (secondary N) is 1. The minimum Gasteiger partial charge on any atom is -0.468 e. The number of amides is 2. The number of esters is 1. The molecule has 2 saturated heterocycles. The van der Waals surface area contributed by atoms with Crippen molar-refractivity contribution in [2.45, 2.75) is 18.5 Å². The maximum absolute atomic E-state index is 13.3. The van der Waals surface area contributed by atoms with Crippen molar-refractivity contribution in [1.29, 1.82) is 0 Å². The van der Waals surface area contributed by atoms with E-state index in [1.165, 1.54) is 42.7 Å². The summed E-state index contributed by atoms with van der Waals surface area (Å²) in [4.78, 5) is 40.8. The quantitative estimate of drug-likeness (QED) is 0.645. The standard InChI is InChI=1S/C19H17FN2O4S/c1-19(18(25)26-2)14-13(15(21-19)12-4-3-9-27-12)16(23)22(17(14)24)11-7-5-10(20)6-8-11/h3-9,13-15,21H,1-2H3/t13-,14-,15-,19-/m1/s1. The lowest BCUT2D eigenvalue weighted by Crippen LogP contribution is -2.54. The Kier molecular flexibility index (Phi) is 4.12. The van der Waals surface area contributed by atoms with Crippen molar-refractivity contribution >= 4 is 34.8 Å². The van der Waals surface area contributed by atoms with Gasteiger partial charge < -0.3 is 4.74 Å². The van der Waals surface area contributed by atoms with Crippen LogP contribution in [0.5, 0.6) is 0 Å². The van der Waals surface area contributed by atoms with E-state index in [0.29, 0.717) is 0 Å². The number of imide groups is 1. The third kappa shape index (κ3) is 2.51. The Morgan fingerprint density at radius 2 is 1.93 bits per heavy atom. The number of carbonyl (C=O) groups is 3. The topological polar surface area (TPSA) is 75.7 Å². The van der Waals surface area contributed by atoms with Gasteiger partial charge in [-0.15, -0.1) is 11.3 Å². The second-order valence-corrected chi connectivity index (χ2v) is 7.80. The van der Waals surface area contributed by atoms with Gasteiger partial charge in [0, 0.05) is 4.88 Å². The van der Waals surface area contributed by atoms with Crippen molar-refractivity contribution in [3.05, 3.63) is 52.5 Å². The molecule has 1 aromatic carbocycles. The third-order valence-corrected chi connectivity index (χ3v) is 6.29. The van der Waals surface area contributed by atoms with Crippen LogP contribution in [-0.2, 0) is 19.1 Å². The number of benzene rings is 1. The molecule has 27 heavy (non-hydrogen) atoms. The lowest BCUT2D eigenvalue weighted by molar-refractivity contribution is -0.151. The van der Waals surface area contributed by atoms with E-state index < -0.39 is 47.0 Å². The molecular formula is C19H17FN2O4S. The Hall–Kier alpha value is -2.58. The molecule has 1 aromatic heterocycles. The van der Waals surface area contributed by atoms with Gasteiger partial charge in [0.05, 0.1) is 30.7 Å². The van der Waals surface area contributed by atoms with E-state index in [9.17, 15) is 18.8 Å². The summed E-state index contributed by atoms with van der Waals surface area (Å²) in [6.45, 7) is 1.59. The van der Waals surface area contributed by atoms with Crippen LogP contribution in [0.15, 0.2) is 41.8 Å². The maximum Gasteiger partial charge on any atom is 0.326 e. The van der Waals surface area contributed by atoms with Gasteiger partial charge in [0.1, 0.15) is 11.4 Å². The van der Waals surface area contributed by atoms with Gasteiger partial charge in [0.25, 0.3) is 0 Å². The molecule has 2 fully saturated rings. The van der Waals surface area contributed by atoms with Crippen LogP contribution in [0.3, 0.4) is 0 Å². The summed E-state index contributed by atoms with van der Waals surface area (Å²) in [6, 6.07) is 8.38. The van der Waals surface area contributed by atoms with Crippen molar-refractivity contribution in [3.63, 3.8) is 0 Å². The number of nitrogens with zero attached hydrogens (tertiary/aromatic N) is 1. The van der Waals surface area contributed by atoms with Gasteiger partial charge in [0.15, 0.2) is 0 Å². The minimum absolute atomic E-state index is 0.290. The molecule has 2 aromatic rings. The van der Waals surface area contributed by atoms with Crippen LogP contribution in [-0.4, -0.2) is 30.4 Å². The van der Waals surface area contributed by atoms with Crippen LogP contribution >= 0.6 is 11.3 Å². The van der Waals surface area contributed by atoms with Crippen molar-refractivity contribution in [2.24, 2.45) is 11.8 Å². The molecular weight excluding hydrogens is 371 g/mol. The van der Waals surface area contributed by atoms with Crippen molar-refractivity contribution in [1.82, 2.24) is 5.32 Å². The van der Waals surface area contributed by atoms with Gasteiger partial charge in [-0.05, 0) is 42.6 Å². The fraction of sp³-hybridized carbons (Fsp3) is 0.316. The Morgan fingerprint density at radius 3 is 2.52 bits per heavy atom. The number of thiophene rings is 1. The zero-order chi connectivity index (χ0) is 19.3. The van der Waals surface area contributed by atoms with Gasteiger partial charge in [-0.2, -0.15) is 0 Å². The van der Waals surface area contributed by atoms with Crippen LogP contribution in [0.4, 0.5) is 10.1 Å². The molecule has 4 rings (SSSR count).